The Kier molecular flexibility index (Phi) is 20.7. The molecule has 0 aliphatic heterocycles. The van der Waals surface area contributed by atoms with Crippen molar-refractivity contribution < 1.29 is 51.3 Å². The second-order valence-corrected chi connectivity index (χ2v) is 8.46. The Labute approximate surface area is 202 Å². The van der Waals surface area contributed by atoms with Gasteiger partial charge >= 0.3 is 21.7 Å². The minimum atomic E-state index is -0.619. The third kappa shape index (κ3) is 12.3. The van der Waals surface area contributed by atoms with Gasteiger partial charge < -0.3 is 35.3 Å². The third-order valence-electron chi connectivity index (χ3n) is 4.23. The van der Waals surface area contributed by atoms with E-state index in [1.807, 2.05) is 12.1 Å². The average molecular weight is 474 g/mol. The molecule has 1 unspecified atom stereocenters. The molecule has 0 heterocycles. The van der Waals surface area contributed by atoms with Crippen LogP contribution >= 0.6 is 0 Å². The predicted octanol–water partition coefficient (Wildman–Crippen LogP) is 0.691. The maximum atomic E-state index is 10.8. The molecule has 0 fully saturated rings. The number of hydrogen-bond donors (Lipinski definition) is 0. The summed E-state index contributed by atoms with van der Waals surface area (Å²) >= 11 is 0. The summed E-state index contributed by atoms with van der Waals surface area (Å²) in [7, 11) is 1.08. The number of hydrogen-bond acceptors (Lipinski definition) is 1. The van der Waals surface area contributed by atoms with Gasteiger partial charge in [0.25, 0.3) is 0 Å². The van der Waals surface area contributed by atoms with Crippen molar-refractivity contribution in [1.29, 1.82) is 0 Å². The molecule has 2 rings (SSSR count). The average Bonchev–Trinajstić information content (AvgIpc) is 2.74. The molecular weight excluding hydrogens is 441 g/mol. The minimum Gasteiger partial charge on any atom is -1.00 e. The van der Waals surface area contributed by atoms with E-state index in [2.05, 4.69) is 67.6 Å². The standard InChI is InChI=1S/C11H15NO.C9H13.C2H6Si.2ClH.Ti/c1-11(2,3)9-6-4-5-8(7-9)10(12)13;1-6-5-7(2)9(4)8(6)3;1-3-2;;;/h4-7H,1-3H3,(H2,12,13);6H,1-4H3;1-2H3;2*1H;/q;-1;;;;+4/p-3. The smallest absolute Gasteiger partial charge is 1.00 e. The Morgan fingerprint density at radius 1 is 1.11 bits per heavy atom. The summed E-state index contributed by atoms with van der Waals surface area (Å²) in [4.78, 5) is 10.8. The molecule has 2 radical (unpaired) electrons. The van der Waals surface area contributed by atoms with Crippen molar-refractivity contribution in [3.8, 4) is 0 Å². The molecule has 1 aromatic carbocycles. The minimum absolute atomic E-state index is 0. The van der Waals surface area contributed by atoms with Crippen LogP contribution in [0.1, 0.15) is 64.4 Å². The number of amides is 1. The first kappa shape index (κ1) is 35.1. The van der Waals surface area contributed by atoms with Gasteiger partial charge in [-0.15, -0.1) is 6.92 Å². The largest absolute Gasteiger partial charge is 4.00 e. The molecule has 28 heavy (non-hydrogen) atoms. The second kappa shape index (κ2) is 16.5. The van der Waals surface area contributed by atoms with Crippen LogP contribution in [0.3, 0.4) is 0 Å². The molecule has 0 saturated carbocycles. The van der Waals surface area contributed by atoms with Crippen molar-refractivity contribution in [3.63, 3.8) is 0 Å². The molecule has 6 heteroatoms. The van der Waals surface area contributed by atoms with E-state index in [9.17, 15) is 4.79 Å². The molecule has 1 amide bonds. The maximum absolute atomic E-state index is 10.8. The summed E-state index contributed by atoms with van der Waals surface area (Å²) in [6.07, 6.45) is 3.36. The van der Waals surface area contributed by atoms with E-state index in [0.29, 0.717) is 11.5 Å². The van der Waals surface area contributed by atoms with Gasteiger partial charge in [0.15, 0.2) is 0 Å². The van der Waals surface area contributed by atoms with Crippen LogP contribution in [0.5, 0.6) is 0 Å². The van der Waals surface area contributed by atoms with Gasteiger partial charge in [-0.05, 0) is 22.6 Å². The monoisotopic (exact) mass is 473 g/mol. The van der Waals surface area contributed by atoms with E-state index in [1.165, 1.54) is 16.7 Å². The zero-order valence-corrected chi connectivity index (χ0v) is 22.6. The molecular formula is C22H33Cl2NOSiTi. The summed E-state index contributed by atoms with van der Waals surface area (Å²) in [6, 6.07) is 7.26. The van der Waals surface area contributed by atoms with Crippen LogP contribution in [0.2, 0.25) is 13.1 Å². The molecule has 2 nitrogen and oxygen atoms in total. The predicted molar refractivity (Wildman–Crippen MR) is 111 cm³/mol. The van der Waals surface area contributed by atoms with Crippen molar-refractivity contribution in [1.82, 2.24) is 0 Å². The summed E-state index contributed by atoms with van der Waals surface area (Å²) in [5.41, 5.74) is 12.8. The fourth-order valence-electron chi connectivity index (χ4n) is 2.29. The number of carbonyl (C=O) groups is 1. The fourth-order valence-corrected chi connectivity index (χ4v) is 2.29. The summed E-state index contributed by atoms with van der Waals surface area (Å²) < 4.78 is 0. The topological polar surface area (TPSA) is 40.9 Å². The van der Waals surface area contributed by atoms with Crippen LogP contribution in [-0.2, 0) is 27.1 Å². The first-order chi connectivity index (χ1) is 11.4. The van der Waals surface area contributed by atoms with Crippen molar-refractivity contribution in [2.75, 3.05) is 0 Å². The second-order valence-electron chi connectivity index (χ2n) is 7.46. The molecule has 0 aromatic heterocycles. The van der Waals surface area contributed by atoms with Crippen molar-refractivity contribution >= 4 is 15.4 Å². The van der Waals surface area contributed by atoms with Crippen LogP contribution in [0.25, 0.3) is 5.73 Å². The Morgan fingerprint density at radius 3 is 1.82 bits per heavy atom. The molecule has 0 saturated heterocycles. The quantitative estimate of drug-likeness (QED) is 0.437. The SMILES string of the molecule is CC(C)(C)c1cccc(C([NH-])=O)c1.CC1=[C-]C(C)C(C)=C1C.C[Si]C.[Cl-].[Cl-].[Ti+4]. The van der Waals surface area contributed by atoms with Gasteiger partial charge in [0.2, 0.25) is 0 Å². The summed E-state index contributed by atoms with van der Waals surface area (Å²) in [6.45, 7) is 19.2. The Bertz CT molecular complexity index is 652. The fraction of sp³-hybridized carbons (Fsp3) is 0.500. The Balaban J connectivity index is -0.000000170. The molecule has 1 aliphatic carbocycles. The molecule has 0 bridgehead atoms. The van der Waals surface area contributed by atoms with E-state index < -0.39 is 5.91 Å². The number of rotatable bonds is 1. The summed E-state index contributed by atoms with van der Waals surface area (Å²) in [5.74, 6) is -0.0592. The van der Waals surface area contributed by atoms with Crippen molar-refractivity contribution in [2.45, 2.75) is 67.0 Å². The molecule has 1 N–H and O–H groups in total. The van der Waals surface area contributed by atoms with Gasteiger partial charge in [-0.3, -0.25) is 6.08 Å². The van der Waals surface area contributed by atoms with Crippen LogP contribution in [0.15, 0.2) is 41.0 Å². The number of halogens is 2. The van der Waals surface area contributed by atoms with Crippen molar-refractivity contribution in [2.24, 2.45) is 5.92 Å². The number of benzene rings is 1. The number of allylic oxidation sites excluding steroid dienone is 4. The third-order valence-corrected chi connectivity index (χ3v) is 4.23. The zero-order valence-electron chi connectivity index (χ0n) is 18.6. The van der Waals surface area contributed by atoms with Gasteiger partial charge in [0.05, 0.1) is 5.91 Å². The van der Waals surface area contributed by atoms with Gasteiger partial charge in [-0.25, -0.2) is 5.57 Å². The maximum Gasteiger partial charge on any atom is 4.00 e. The van der Waals surface area contributed by atoms with E-state index in [1.54, 1.807) is 12.1 Å². The molecule has 154 valence electrons. The van der Waals surface area contributed by atoms with Crippen LogP contribution in [0.4, 0.5) is 0 Å². The van der Waals surface area contributed by atoms with E-state index in [0.717, 1.165) is 15.1 Å². The molecule has 0 spiro atoms. The number of carbonyl (C=O) groups excluding carboxylic acids is 1. The summed E-state index contributed by atoms with van der Waals surface area (Å²) in [5, 5.41) is 0. The first-order valence-corrected chi connectivity index (χ1v) is 10.7. The van der Waals surface area contributed by atoms with Crippen LogP contribution in [0, 0.1) is 12.0 Å². The van der Waals surface area contributed by atoms with Gasteiger partial charge in [0, 0.05) is 9.52 Å². The molecule has 1 aliphatic rings. The van der Waals surface area contributed by atoms with Gasteiger partial charge in [-0.1, -0.05) is 78.8 Å². The first-order valence-electron chi connectivity index (χ1n) is 8.68. The molecule has 1 aromatic rings. The Hall–Kier alpha value is -0.319. The number of nitrogens with one attached hydrogen (secondary N) is 1. The van der Waals surface area contributed by atoms with E-state index in [-0.39, 0.29) is 51.9 Å². The Morgan fingerprint density at radius 2 is 1.57 bits per heavy atom. The normalized spacial score (nSPS) is 14.6. The van der Waals surface area contributed by atoms with Gasteiger partial charge in [-0.2, -0.15) is 11.1 Å². The van der Waals surface area contributed by atoms with Crippen molar-refractivity contribution in [3.05, 3.63) is 63.9 Å². The van der Waals surface area contributed by atoms with Gasteiger partial charge in [0.1, 0.15) is 0 Å². The van der Waals surface area contributed by atoms with Crippen LogP contribution < -0.4 is 24.8 Å². The van der Waals surface area contributed by atoms with E-state index in [4.69, 9.17) is 5.73 Å². The van der Waals surface area contributed by atoms with E-state index >= 15 is 0 Å². The zero-order chi connectivity index (χ0) is 19.8. The van der Waals surface area contributed by atoms with Crippen LogP contribution in [-0.4, -0.2) is 15.4 Å². The molecule has 1 atom stereocenters.